The van der Waals surface area contributed by atoms with Crippen LogP contribution in [0.25, 0.3) is 0 Å². The summed E-state index contributed by atoms with van der Waals surface area (Å²) in [5.41, 5.74) is 0.478. The van der Waals surface area contributed by atoms with Crippen LogP contribution in [-0.4, -0.2) is 37.9 Å². The van der Waals surface area contributed by atoms with Crippen LogP contribution >= 0.6 is 0 Å². The number of carbonyl (C=O) groups excluding carboxylic acids is 1. The number of benzene rings is 1. The van der Waals surface area contributed by atoms with Crippen molar-refractivity contribution in [1.29, 1.82) is 0 Å². The number of ether oxygens (including phenoxy) is 2. The fraction of sp³-hybridized carbons (Fsp3) is 0.364. The normalized spacial score (nSPS) is 11.4. The molecule has 0 radical (unpaired) electrons. The zero-order chi connectivity index (χ0) is 15.4. The molecule has 0 saturated carbocycles. The summed E-state index contributed by atoms with van der Waals surface area (Å²) >= 11 is 0. The average molecular weight is 334 g/mol. The van der Waals surface area contributed by atoms with E-state index in [1.54, 1.807) is 12.1 Å². The average Bonchev–Trinajstić information content (AvgIpc) is 2.36. The van der Waals surface area contributed by atoms with Crippen molar-refractivity contribution >= 4 is 16.1 Å². The van der Waals surface area contributed by atoms with E-state index in [0.717, 1.165) is 0 Å². The first-order valence-electron chi connectivity index (χ1n) is 5.29. The van der Waals surface area contributed by atoms with Gasteiger partial charge < -0.3 is 10.9 Å². The second-order valence-corrected chi connectivity index (χ2v) is 5.35. The van der Waals surface area contributed by atoms with Crippen molar-refractivity contribution < 1.29 is 67.0 Å². The maximum Gasteiger partial charge on any atom is 1.00 e. The van der Waals surface area contributed by atoms with Gasteiger partial charge in [0.2, 0.25) is 0 Å². The van der Waals surface area contributed by atoms with Gasteiger partial charge in [0.25, 0.3) is 0 Å². The van der Waals surface area contributed by atoms with Gasteiger partial charge in [0.1, 0.15) is 5.75 Å². The molecule has 0 bridgehead atoms. The number of methoxy groups -OCH3 is 1. The molecule has 1 N–H and O–H groups in total. The molecule has 0 aliphatic carbocycles. The van der Waals surface area contributed by atoms with Crippen LogP contribution in [0.2, 0.25) is 0 Å². The maximum absolute atomic E-state index is 12.8. The van der Waals surface area contributed by atoms with E-state index in [0.29, 0.717) is 11.3 Å². The van der Waals surface area contributed by atoms with E-state index in [1.165, 1.54) is 19.2 Å². The summed E-state index contributed by atoms with van der Waals surface area (Å²) in [5.74, 6) is -0.487. The van der Waals surface area contributed by atoms with Gasteiger partial charge in [-0.25, -0.2) is 0 Å². The predicted molar refractivity (Wildman–Crippen MR) is 65.3 cm³/mol. The third-order valence-corrected chi connectivity index (χ3v) is 3.16. The molecule has 1 rings (SSSR count). The van der Waals surface area contributed by atoms with Gasteiger partial charge in [-0.1, -0.05) is 12.1 Å². The summed E-state index contributed by atoms with van der Waals surface area (Å²) in [5, 5.41) is -4.53. The van der Waals surface area contributed by atoms with Crippen LogP contribution in [0.5, 0.6) is 5.75 Å². The molecule has 0 aliphatic rings. The molecule has 0 spiro atoms. The molecule has 0 amide bonds. The Morgan fingerprint density at radius 2 is 1.86 bits per heavy atom. The van der Waals surface area contributed by atoms with Crippen LogP contribution in [0.3, 0.4) is 0 Å². The second-order valence-electron chi connectivity index (χ2n) is 3.80. The SMILES string of the molecule is COc1ccc(CC(=O)OCC(F)(F)S(=O)(=O)O)cc1.[H-].[Na+]. The van der Waals surface area contributed by atoms with Crippen LogP contribution in [0, 0.1) is 0 Å². The Hall–Kier alpha value is -0.740. The Kier molecular flexibility index (Phi) is 7.76. The summed E-state index contributed by atoms with van der Waals surface area (Å²) in [4.78, 5) is 11.3. The smallest absolute Gasteiger partial charge is 1.00 e. The summed E-state index contributed by atoms with van der Waals surface area (Å²) < 4.78 is 63.4. The molecular weight excluding hydrogens is 321 g/mol. The first-order valence-corrected chi connectivity index (χ1v) is 6.73. The summed E-state index contributed by atoms with van der Waals surface area (Å²) in [6, 6.07) is 6.19. The first-order chi connectivity index (χ1) is 9.15. The molecule has 0 aromatic heterocycles. The minimum absolute atomic E-state index is 0. The van der Waals surface area contributed by atoms with Crippen LogP contribution in [-0.2, 0) is 26.1 Å². The van der Waals surface area contributed by atoms with E-state index in [2.05, 4.69) is 4.74 Å². The molecular formula is C11H13F2NaO6S. The molecule has 0 fully saturated rings. The number of esters is 1. The van der Waals surface area contributed by atoms with E-state index in [9.17, 15) is 22.0 Å². The van der Waals surface area contributed by atoms with Crippen molar-refractivity contribution in [3.8, 4) is 5.75 Å². The number of rotatable bonds is 6. The Balaban J connectivity index is 0. The fourth-order valence-electron chi connectivity index (χ4n) is 1.20. The summed E-state index contributed by atoms with van der Waals surface area (Å²) in [6.07, 6.45) is -0.314. The molecule has 0 saturated heterocycles. The van der Waals surface area contributed by atoms with Gasteiger partial charge in [-0.2, -0.15) is 17.2 Å². The van der Waals surface area contributed by atoms with Crippen molar-refractivity contribution in [2.24, 2.45) is 0 Å². The largest absolute Gasteiger partial charge is 1.00 e. The van der Waals surface area contributed by atoms with Gasteiger partial charge >= 0.3 is 50.9 Å². The Morgan fingerprint density at radius 1 is 1.33 bits per heavy atom. The maximum atomic E-state index is 12.8. The quantitative estimate of drug-likeness (QED) is 0.382. The molecule has 0 unspecified atom stereocenters. The van der Waals surface area contributed by atoms with Gasteiger partial charge in [0.05, 0.1) is 13.5 Å². The van der Waals surface area contributed by atoms with E-state index >= 15 is 0 Å². The molecule has 1 aromatic carbocycles. The first kappa shape index (κ1) is 20.3. The standard InChI is InChI=1S/C11H12F2O6S.Na.H/c1-18-9-4-2-8(3-5-9)6-10(14)19-7-11(12,13)20(15,16)17;;/h2-5H,6-7H2,1H3,(H,15,16,17);;/q;+1;-1. The third kappa shape index (κ3) is 6.27. The zero-order valence-corrected chi connectivity index (χ0v) is 14.2. The van der Waals surface area contributed by atoms with Crippen molar-refractivity contribution in [1.82, 2.24) is 0 Å². The Labute approximate surface area is 144 Å². The molecule has 0 heterocycles. The number of hydrogen-bond acceptors (Lipinski definition) is 5. The molecule has 0 aliphatic heterocycles. The topological polar surface area (TPSA) is 89.9 Å². The number of halogens is 2. The van der Waals surface area contributed by atoms with Crippen LogP contribution in [0.15, 0.2) is 24.3 Å². The van der Waals surface area contributed by atoms with E-state index in [-0.39, 0.29) is 37.4 Å². The van der Waals surface area contributed by atoms with Crippen LogP contribution in [0.4, 0.5) is 8.78 Å². The number of hydrogen-bond donors (Lipinski definition) is 1. The number of alkyl halides is 2. The molecule has 10 heteroatoms. The molecule has 21 heavy (non-hydrogen) atoms. The summed E-state index contributed by atoms with van der Waals surface area (Å²) in [6.45, 7) is -1.74. The van der Waals surface area contributed by atoms with Gasteiger partial charge in [0, 0.05) is 0 Å². The fourth-order valence-corrected chi connectivity index (χ4v) is 1.41. The molecule has 0 atom stereocenters. The number of carbonyl (C=O) groups is 1. The van der Waals surface area contributed by atoms with Gasteiger partial charge in [0.15, 0.2) is 6.61 Å². The van der Waals surface area contributed by atoms with Gasteiger partial charge in [-0.15, -0.1) is 0 Å². The molecule has 114 valence electrons. The molecule has 6 nitrogen and oxygen atoms in total. The third-order valence-electron chi connectivity index (χ3n) is 2.29. The molecule has 1 aromatic rings. The van der Waals surface area contributed by atoms with Gasteiger partial charge in [-0.05, 0) is 17.7 Å². The van der Waals surface area contributed by atoms with Crippen molar-refractivity contribution in [3.05, 3.63) is 29.8 Å². The van der Waals surface area contributed by atoms with Gasteiger partial charge in [-0.3, -0.25) is 9.35 Å². The Morgan fingerprint density at radius 3 is 2.29 bits per heavy atom. The predicted octanol–water partition coefficient (Wildman–Crippen LogP) is -1.62. The second kappa shape index (κ2) is 8.04. The van der Waals surface area contributed by atoms with E-state index < -0.39 is 27.9 Å². The van der Waals surface area contributed by atoms with E-state index in [4.69, 9.17) is 9.29 Å². The van der Waals surface area contributed by atoms with Crippen LogP contribution in [0.1, 0.15) is 6.99 Å². The Bertz CT molecular complexity index is 579. The van der Waals surface area contributed by atoms with E-state index in [1.807, 2.05) is 0 Å². The van der Waals surface area contributed by atoms with Crippen LogP contribution < -0.4 is 34.3 Å². The monoisotopic (exact) mass is 334 g/mol. The van der Waals surface area contributed by atoms with Crippen molar-refractivity contribution in [2.45, 2.75) is 11.7 Å². The minimum Gasteiger partial charge on any atom is -1.00 e. The summed E-state index contributed by atoms with van der Waals surface area (Å²) in [7, 11) is -4.15. The van der Waals surface area contributed by atoms with Crippen molar-refractivity contribution in [2.75, 3.05) is 13.7 Å². The zero-order valence-electron chi connectivity index (χ0n) is 12.4. The minimum atomic E-state index is -5.61. The van der Waals surface area contributed by atoms with Crippen molar-refractivity contribution in [3.63, 3.8) is 0 Å².